The van der Waals surface area contributed by atoms with Gasteiger partial charge in [0.25, 0.3) is 5.91 Å². The number of rotatable bonds is 4. The summed E-state index contributed by atoms with van der Waals surface area (Å²) in [6.07, 6.45) is 3.51. The van der Waals surface area contributed by atoms with Crippen LogP contribution in [0.1, 0.15) is 35.2 Å². The quantitative estimate of drug-likeness (QED) is 0.812. The van der Waals surface area contributed by atoms with Crippen LogP contribution in [-0.2, 0) is 0 Å². The van der Waals surface area contributed by atoms with Crippen LogP contribution in [0.4, 0.5) is 0 Å². The van der Waals surface area contributed by atoms with Crippen molar-refractivity contribution in [2.24, 2.45) is 0 Å². The molecule has 1 saturated heterocycles. The van der Waals surface area contributed by atoms with Gasteiger partial charge >= 0.3 is 0 Å². The number of hydrogen-bond acceptors (Lipinski definition) is 2. The lowest BCUT2D eigenvalue weighted by atomic mass is 10.1. The van der Waals surface area contributed by atoms with Gasteiger partial charge in [0.05, 0.1) is 5.56 Å². The smallest absolute Gasteiger partial charge is 0.252 e. The van der Waals surface area contributed by atoms with E-state index >= 15 is 0 Å². The van der Waals surface area contributed by atoms with Crippen molar-refractivity contribution < 1.29 is 4.79 Å². The first-order chi connectivity index (χ1) is 8.68. The van der Waals surface area contributed by atoms with E-state index in [1.807, 2.05) is 25.1 Å². The van der Waals surface area contributed by atoms with Crippen LogP contribution in [0.5, 0.6) is 0 Å². The summed E-state index contributed by atoms with van der Waals surface area (Å²) in [5, 5.41) is 6.45. The van der Waals surface area contributed by atoms with Gasteiger partial charge in [-0.2, -0.15) is 0 Å². The summed E-state index contributed by atoms with van der Waals surface area (Å²) >= 11 is 2.24. The molecule has 0 aliphatic carbocycles. The Labute approximate surface area is 122 Å². The largest absolute Gasteiger partial charge is 0.352 e. The van der Waals surface area contributed by atoms with Gasteiger partial charge < -0.3 is 10.6 Å². The molecule has 3 nitrogen and oxygen atoms in total. The van der Waals surface area contributed by atoms with Crippen molar-refractivity contribution in [2.75, 3.05) is 13.1 Å². The fourth-order valence-corrected chi connectivity index (χ4v) is 2.89. The van der Waals surface area contributed by atoms with Crippen LogP contribution in [0.25, 0.3) is 0 Å². The standard InChI is InChI=1S/C14H19IN2O/c1-10-4-2-6-12(13(10)15)14(18)17-9-7-11-5-3-8-16-11/h2,4,6,11,16H,3,5,7-9H2,1H3,(H,17,18)/t11-/m1/s1. The second-order valence-electron chi connectivity index (χ2n) is 4.77. The van der Waals surface area contributed by atoms with Crippen molar-refractivity contribution >= 4 is 28.5 Å². The molecule has 2 rings (SSSR count). The Hall–Kier alpha value is -0.620. The second kappa shape index (κ2) is 6.52. The molecule has 1 heterocycles. The van der Waals surface area contributed by atoms with E-state index in [0.29, 0.717) is 6.04 Å². The van der Waals surface area contributed by atoms with Crippen LogP contribution in [0.2, 0.25) is 0 Å². The van der Waals surface area contributed by atoms with Gasteiger partial charge in [0.1, 0.15) is 0 Å². The van der Waals surface area contributed by atoms with Gasteiger partial charge in [-0.05, 0) is 67.0 Å². The number of hydrogen-bond donors (Lipinski definition) is 2. The van der Waals surface area contributed by atoms with Crippen LogP contribution in [0, 0.1) is 10.5 Å². The molecule has 1 aliphatic rings. The lowest BCUT2D eigenvalue weighted by Gasteiger charge is -2.12. The molecule has 98 valence electrons. The van der Waals surface area contributed by atoms with Crippen LogP contribution in [0.3, 0.4) is 0 Å². The minimum absolute atomic E-state index is 0.0427. The number of carbonyl (C=O) groups excluding carboxylic acids is 1. The summed E-state index contributed by atoms with van der Waals surface area (Å²) in [5.74, 6) is 0.0427. The van der Waals surface area contributed by atoms with Gasteiger partial charge in [-0.15, -0.1) is 0 Å². The third-order valence-corrected chi connectivity index (χ3v) is 4.81. The zero-order chi connectivity index (χ0) is 13.0. The SMILES string of the molecule is Cc1cccc(C(=O)NCC[C@H]2CCCN2)c1I. The van der Waals surface area contributed by atoms with Gasteiger partial charge in [-0.1, -0.05) is 12.1 Å². The van der Waals surface area contributed by atoms with E-state index in [1.54, 1.807) is 0 Å². The van der Waals surface area contributed by atoms with Crippen molar-refractivity contribution in [1.82, 2.24) is 10.6 Å². The molecule has 1 aliphatic heterocycles. The number of aryl methyl sites for hydroxylation is 1. The molecule has 0 spiro atoms. The topological polar surface area (TPSA) is 41.1 Å². The molecule has 1 aromatic carbocycles. The van der Waals surface area contributed by atoms with Crippen LogP contribution >= 0.6 is 22.6 Å². The maximum Gasteiger partial charge on any atom is 0.252 e. The lowest BCUT2D eigenvalue weighted by Crippen LogP contribution is -2.31. The van der Waals surface area contributed by atoms with E-state index < -0.39 is 0 Å². The molecule has 1 amide bonds. The number of benzene rings is 1. The molecular weight excluding hydrogens is 339 g/mol. The molecular formula is C14H19IN2O. The number of amides is 1. The normalized spacial score (nSPS) is 18.9. The Morgan fingerprint density at radius 1 is 1.56 bits per heavy atom. The summed E-state index contributed by atoms with van der Waals surface area (Å²) in [6.45, 7) is 3.90. The Morgan fingerprint density at radius 2 is 2.39 bits per heavy atom. The highest BCUT2D eigenvalue weighted by Crippen LogP contribution is 2.16. The van der Waals surface area contributed by atoms with Crippen molar-refractivity contribution in [3.8, 4) is 0 Å². The highest BCUT2D eigenvalue weighted by atomic mass is 127. The third-order valence-electron chi connectivity index (χ3n) is 3.38. The van der Waals surface area contributed by atoms with Crippen LogP contribution < -0.4 is 10.6 Å². The molecule has 0 unspecified atom stereocenters. The molecule has 2 N–H and O–H groups in total. The molecule has 0 saturated carbocycles. The van der Waals surface area contributed by atoms with Gasteiger partial charge in [0.2, 0.25) is 0 Å². The summed E-state index contributed by atoms with van der Waals surface area (Å²) in [7, 11) is 0. The van der Waals surface area contributed by atoms with Crippen LogP contribution in [0.15, 0.2) is 18.2 Å². The first-order valence-electron chi connectivity index (χ1n) is 6.45. The van der Waals surface area contributed by atoms with Crippen LogP contribution in [-0.4, -0.2) is 25.0 Å². The van der Waals surface area contributed by atoms with E-state index in [1.165, 1.54) is 12.8 Å². The highest BCUT2D eigenvalue weighted by molar-refractivity contribution is 14.1. The van der Waals surface area contributed by atoms with Crippen molar-refractivity contribution in [1.29, 1.82) is 0 Å². The summed E-state index contributed by atoms with van der Waals surface area (Å²) in [6, 6.07) is 6.44. The van der Waals surface area contributed by atoms with Crippen molar-refractivity contribution in [2.45, 2.75) is 32.2 Å². The molecule has 1 atom stereocenters. The molecule has 0 aromatic heterocycles. The Kier molecular flexibility index (Phi) is 5.00. The van der Waals surface area contributed by atoms with Gasteiger partial charge in [-0.25, -0.2) is 0 Å². The fourth-order valence-electron chi connectivity index (χ4n) is 2.28. The molecule has 18 heavy (non-hydrogen) atoms. The highest BCUT2D eigenvalue weighted by Gasteiger charge is 2.15. The molecule has 0 bridgehead atoms. The molecule has 0 radical (unpaired) electrons. The van der Waals surface area contributed by atoms with E-state index in [0.717, 1.165) is 34.2 Å². The number of halogens is 1. The molecule has 1 aromatic rings. The lowest BCUT2D eigenvalue weighted by molar-refractivity contribution is 0.0951. The van der Waals surface area contributed by atoms with Gasteiger partial charge in [0, 0.05) is 16.2 Å². The molecule has 4 heteroatoms. The summed E-state index contributed by atoms with van der Waals surface area (Å²) < 4.78 is 1.05. The minimum Gasteiger partial charge on any atom is -0.352 e. The second-order valence-corrected chi connectivity index (χ2v) is 5.85. The minimum atomic E-state index is 0.0427. The Balaban J connectivity index is 1.85. The fraction of sp³-hybridized carbons (Fsp3) is 0.500. The predicted molar refractivity (Wildman–Crippen MR) is 81.9 cm³/mol. The zero-order valence-electron chi connectivity index (χ0n) is 10.6. The Morgan fingerprint density at radius 3 is 3.11 bits per heavy atom. The maximum absolute atomic E-state index is 12.1. The first-order valence-corrected chi connectivity index (χ1v) is 7.53. The number of nitrogens with one attached hydrogen (secondary N) is 2. The van der Waals surface area contributed by atoms with Crippen molar-refractivity contribution in [3.63, 3.8) is 0 Å². The first kappa shape index (κ1) is 13.8. The van der Waals surface area contributed by atoms with Gasteiger partial charge in [-0.3, -0.25) is 4.79 Å². The van der Waals surface area contributed by atoms with E-state index in [4.69, 9.17) is 0 Å². The Bertz CT molecular complexity index is 428. The summed E-state index contributed by atoms with van der Waals surface area (Å²) in [4.78, 5) is 12.1. The van der Waals surface area contributed by atoms with E-state index in [-0.39, 0.29) is 5.91 Å². The van der Waals surface area contributed by atoms with Crippen molar-refractivity contribution in [3.05, 3.63) is 32.9 Å². The molecule has 1 fully saturated rings. The average Bonchev–Trinajstić information content (AvgIpc) is 2.85. The monoisotopic (exact) mass is 358 g/mol. The summed E-state index contributed by atoms with van der Waals surface area (Å²) in [5.41, 5.74) is 1.94. The average molecular weight is 358 g/mol. The third kappa shape index (κ3) is 3.45. The zero-order valence-corrected chi connectivity index (χ0v) is 12.8. The number of carbonyl (C=O) groups is 1. The van der Waals surface area contributed by atoms with Gasteiger partial charge in [0.15, 0.2) is 0 Å². The van der Waals surface area contributed by atoms with E-state index in [2.05, 4.69) is 33.2 Å². The maximum atomic E-state index is 12.1. The predicted octanol–water partition coefficient (Wildman–Crippen LogP) is 2.47. The van der Waals surface area contributed by atoms with E-state index in [9.17, 15) is 4.79 Å².